The highest BCUT2D eigenvalue weighted by Gasteiger charge is 2.20. The number of ether oxygens (including phenoxy) is 1. The Bertz CT molecular complexity index is 1040. The molecule has 6 heteroatoms. The van der Waals surface area contributed by atoms with Gasteiger partial charge in [0, 0.05) is 12.8 Å². The maximum atomic E-state index is 12.5. The average Bonchev–Trinajstić information content (AvgIpc) is 3.33. The van der Waals surface area contributed by atoms with Crippen LogP contribution < -0.4 is 5.32 Å². The second kappa shape index (κ2) is 56.9. The third-order valence-electron chi connectivity index (χ3n) is 14.0. The number of amides is 1. The van der Waals surface area contributed by atoms with Gasteiger partial charge in [-0.05, 0) is 57.8 Å². The lowest BCUT2D eigenvalue weighted by Gasteiger charge is -2.22. The van der Waals surface area contributed by atoms with Crippen LogP contribution in [0.5, 0.6) is 0 Å². The van der Waals surface area contributed by atoms with Crippen molar-refractivity contribution in [3.05, 3.63) is 24.3 Å². The number of hydrogen-bond acceptors (Lipinski definition) is 5. The molecule has 0 saturated heterocycles. The molecule has 0 aromatic rings. The van der Waals surface area contributed by atoms with Crippen molar-refractivity contribution >= 4 is 11.9 Å². The van der Waals surface area contributed by atoms with Gasteiger partial charge in [-0.25, -0.2) is 0 Å². The molecule has 396 valence electrons. The van der Waals surface area contributed by atoms with Crippen molar-refractivity contribution < 1.29 is 24.5 Å². The number of hydrogen-bond donors (Lipinski definition) is 3. The SMILES string of the molecule is CCCCCC/C=C\C/C=C\CCCCCCCCCC(=O)OCCCCCCCCCCCCCCCCCCCCCCC(=O)NC(CO)C(O)CCCCCCCCCCCCCC. The third-order valence-corrected chi connectivity index (χ3v) is 14.0. The lowest BCUT2D eigenvalue weighted by Crippen LogP contribution is -2.45. The Morgan fingerprint density at radius 1 is 0.418 bits per heavy atom. The fraction of sp³-hybridized carbons (Fsp3) is 0.902. The van der Waals surface area contributed by atoms with E-state index in [0.717, 1.165) is 51.4 Å². The molecule has 0 saturated carbocycles. The fourth-order valence-electron chi connectivity index (χ4n) is 9.38. The molecule has 6 nitrogen and oxygen atoms in total. The largest absolute Gasteiger partial charge is 0.466 e. The van der Waals surface area contributed by atoms with E-state index in [1.165, 1.54) is 244 Å². The zero-order valence-electron chi connectivity index (χ0n) is 45.1. The average molecular weight is 945 g/mol. The summed E-state index contributed by atoms with van der Waals surface area (Å²) in [6.07, 6.45) is 68.9. The molecule has 0 radical (unpaired) electrons. The van der Waals surface area contributed by atoms with E-state index >= 15 is 0 Å². The number of nitrogens with one attached hydrogen (secondary N) is 1. The number of carbonyl (C=O) groups excluding carboxylic acids is 2. The molecule has 0 aliphatic rings. The Morgan fingerprint density at radius 2 is 0.746 bits per heavy atom. The number of aliphatic hydroxyl groups is 2. The van der Waals surface area contributed by atoms with Crippen molar-refractivity contribution in [2.45, 2.75) is 341 Å². The molecule has 0 spiro atoms. The molecule has 0 rings (SSSR count). The molecule has 3 N–H and O–H groups in total. The number of esters is 1. The van der Waals surface area contributed by atoms with E-state index in [4.69, 9.17) is 4.74 Å². The first-order valence-electron chi connectivity index (χ1n) is 30.1. The van der Waals surface area contributed by atoms with Crippen LogP contribution in [-0.2, 0) is 14.3 Å². The van der Waals surface area contributed by atoms with E-state index < -0.39 is 12.1 Å². The molecule has 0 aliphatic heterocycles. The number of carbonyl (C=O) groups is 2. The minimum Gasteiger partial charge on any atom is -0.466 e. The van der Waals surface area contributed by atoms with Gasteiger partial charge in [-0.3, -0.25) is 9.59 Å². The van der Waals surface area contributed by atoms with Crippen LogP contribution in [0.3, 0.4) is 0 Å². The van der Waals surface area contributed by atoms with Crippen molar-refractivity contribution in [3.8, 4) is 0 Å². The summed E-state index contributed by atoms with van der Waals surface area (Å²) in [6, 6.07) is -0.542. The predicted molar refractivity (Wildman–Crippen MR) is 292 cm³/mol. The molecule has 0 bridgehead atoms. The predicted octanol–water partition coefficient (Wildman–Crippen LogP) is 18.6. The van der Waals surface area contributed by atoms with Gasteiger partial charge in [0.05, 0.1) is 25.4 Å². The highest BCUT2D eigenvalue weighted by Crippen LogP contribution is 2.18. The first-order chi connectivity index (χ1) is 33.0. The minimum absolute atomic E-state index is 0.00356. The van der Waals surface area contributed by atoms with Crippen molar-refractivity contribution in [1.82, 2.24) is 5.32 Å². The molecule has 0 aromatic carbocycles. The maximum absolute atomic E-state index is 12.5. The van der Waals surface area contributed by atoms with Crippen LogP contribution in [0.1, 0.15) is 328 Å². The number of rotatable bonds is 56. The van der Waals surface area contributed by atoms with E-state index in [-0.39, 0.29) is 18.5 Å². The lowest BCUT2D eigenvalue weighted by molar-refractivity contribution is -0.143. The summed E-state index contributed by atoms with van der Waals surface area (Å²) in [5.74, 6) is -0.0330. The molecule has 0 aromatic heterocycles. The second-order valence-electron chi connectivity index (χ2n) is 20.7. The molecule has 2 atom stereocenters. The zero-order chi connectivity index (χ0) is 48.6. The van der Waals surface area contributed by atoms with Crippen LogP contribution in [-0.4, -0.2) is 47.4 Å². The van der Waals surface area contributed by atoms with Gasteiger partial charge >= 0.3 is 5.97 Å². The summed E-state index contributed by atoms with van der Waals surface area (Å²) in [4.78, 5) is 24.5. The van der Waals surface area contributed by atoms with Gasteiger partial charge < -0.3 is 20.3 Å². The molecular formula is C61H117NO5. The van der Waals surface area contributed by atoms with Crippen LogP contribution in [0.25, 0.3) is 0 Å². The van der Waals surface area contributed by atoms with E-state index in [1.807, 2.05) is 0 Å². The minimum atomic E-state index is -0.664. The highest BCUT2D eigenvalue weighted by atomic mass is 16.5. The Labute approximate surface area is 418 Å². The van der Waals surface area contributed by atoms with E-state index in [9.17, 15) is 19.8 Å². The second-order valence-corrected chi connectivity index (χ2v) is 20.7. The van der Waals surface area contributed by atoms with Crippen LogP contribution in [0.15, 0.2) is 24.3 Å². The van der Waals surface area contributed by atoms with Gasteiger partial charge in [-0.15, -0.1) is 0 Å². The first kappa shape index (κ1) is 65.3. The Kier molecular flexibility index (Phi) is 55.5. The van der Waals surface area contributed by atoms with Gasteiger partial charge in [0.25, 0.3) is 0 Å². The van der Waals surface area contributed by atoms with E-state index in [1.54, 1.807) is 0 Å². The van der Waals surface area contributed by atoms with Crippen molar-refractivity contribution in [2.75, 3.05) is 13.2 Å². The summed E-state index contributed by atoms with van der Waals surface area (Å²) in [6.45, 7) is 4.94. The molecule has 0 aliphatic carbocycles. The normalized spacial score (nSPS) is 12.7. The zero-order valence-corrected chi connectivity index (χ0v) is 45.1. The summed E-state index contributed by atoms with van der Waals surface area (Å²) in [5.41, 5.74) is 0. The fourth-order valence-corrected chi connectivity index (χ4v) is 9.38. The van der Waals surface area contributed by atoms with Gasteiger partial charge in [0.15, 0.2) is 0 Å². The lowest BCUT2D eigenvalue weighted by atomic mass is 10.0. The molecule has 1 amide bonds. The van der Waals surface area contributed by atoms with Crippen LogP contribution in [0, 0.1) is 0 Å². The maximum Gasteiger partial charge on any atom is 0.305 e. The van der Waals surface area contributed by atoms with Gasteiger partial charge in [0.1, 0.15) is 0 Å². The molecule has 0 fully saturated rings. The van der Waals surface area contributed by atoms with Gasteiger partial charge in [-0.2, -0.15) is 0 Å². The smallest absolute Gasteiger partial charge is 0.305 e. The standard InChI is InChI=1S/C61H117NO5/c1-3-5-7-9-11-13-15-17-18-19-25-28-31-35-39-43-47-51-55-61(66)67-56-52-48-44-40-36-32-29-26-23-21-20-22-24-27-30-34-38-42-46-50-54-60(65)62-58(57-63)59(64)53-49-45-41-37-33-16-14-12-10-8-6-4-2/h13,15,18-19,58-59,63-64H,3-12,14,16-17,20-57H2,1-2H3,(H,62,65)/b15-13-,19-18-. The van der Waals surface area contributed by atoms with Crippen molar-refractivity contribution in [2.24, 2.45) is 0 Å². The van der Waals surface area contributed by atoms with E-state index in [0.29, 0.717) is 25.9 Å². The molecule has 0 heterocycles. The number of allylic oxidation sites excluding steroid dienone is 4. The number of unbranched alkanes of at least 4 members (excludes halogenated alkanes) is 41. The molecular weight excluding hydrogens is 827 g/mol. The topological polar surface area (TPSA) is 95.9 Å². The van der Waals surface area contributed by atoms with E-state index in [2.05, 4.69) is 43.5 Å². The van der Waals surface area contributed by atoms with Crippen LogP contribution in [0.4, 0.5) is 0 Å². The monoisotopic (exact) mass is 944 g/mol. The first-order valence-corrected chi connectivity index (χ1v) is 30.1. The Hall–Kier alpha value is -1.66. The Balaban J connectivity index is 3.37. The van der Waals surface area contributed by atoms with Crippen molar-refractivity contribution in [1.29, 1.82) is 0 Å². The van der Waals surface area contributed by atoms with Crippen molar-refractivity contribution in [3.63, 3.8) is 0 Å². The molecule has 2 unspecified atom stereocenters. The van der Waals surface area contributed by atoms with Crippen LogP contribution in [0.2, 0.25) is 0 Å². The third kappa shape index (κ3) is 53.5. The molecule has 67 heavy (non-hydrogen) atoms. The summed E-state index contributed by atoms with van der Waals surface area (Å²) in [7, 11) is 0. The summed E-state index contributed by atoms with van der Waals surface area (Å²) >= 11 is 0. The highest BCUT2D eigenvalue weighted by molar-refractivity contribution is 5.76. The van der Waals surface area contributed by atoms with Gasteiger partial charge in [-0.1, -0.05) is 282 Å². The number of aliphatic hydroxyl groups excluding tert-OH is 2. The summed E-state index contributed by atoms with van der Waals surface area (Å²) in [5, 5.41) is 23.2. The van der Waals surface area contributed by atoms with Gasteiger partial charge in [0.2, 0.25) is 5.91 Å². The van der Waals surface area contributed by atoms with Crippen LogP contribution >= 0.6 is 0 Å². The quantitative estimate of drug-likeness (QED) is 0.0321. The Morgan fingerprint density at radius 3 is 1.15 bits per heavy atom. The summed E-state index contributed by atoms with van der Waals surface area (Å²) < 4.78 is 5.49.